The Morgan fingerprint density at radius 2 is 1.74 bits per heavy atom. The first kappa shape index (κ1) is 12.2. The minimum Gasteiger partial charge on any atom is -0.362 e. The second kappa shape index (κ2) is 5.41. The Balaban J connectivity index is 1.96. The van der Waals surface area contributed by atoms with Gasteiger partial charge in [0.15, 0.2) is 0 Å². The van der Waals surface area contributed by atoms with Gasteiger partial charge < -0.3 is 10.2 Å². The van der Waals surface area contributed by atoms with E-state index >= 15 is 0 Å². The predicted octanol–water partition coefficient (Wildman–Crippen LogP) is 2.98. The molecule has 0 bridgehead atoms. The molecule has 0 spiro atoms. The molecule has 1 N–H and O–H groups in total. The zero-order chi connectivity index (χ0) is 13.1. The maximum Gasteiger partial charge on any atom is 0.128 e. The number of halogens is 1. The van der Waals surface area contributed by atoms with Crippen molar-refractivity contribution in [1.82, 2.24) is 5.32 Å². The normalized spacial score (nSPS) is 19.4. The number of nitrogens with zero attached hydrogens (tertiary/aromatic N) is 1. The molecule has 0 amide bonds. The third-order valence-corrected chi connectivity index (χ3v) is 3.60. The molecule has 1 saturated heterocycles. The first-order chi connectivity index (χ1) is 9.36. The number of hydrogen-bond acceptors (Lipinski definition) is 2. The lowest BCUT2D eigenvalue weighted by atomic mass is 10.0. The van der Waals surface area contributed by atoms with Gasteiger partial charge in [-0.25, -0.2) is 4.39 Å². The molecule has 19 heavy (non-hydrogen) atoms. The summed E-state index contributed by atoms with van der Waals surface area (Å²) in [6, 6.07) is 17.3. The number of anilines is 1. The summed E-state index contributed by atoms with van der Waals surface area (Å²) in [5.41, 5.74) is 1.91. The Hall–Kier alpha value is -1.87. The minimum atomic E-state index is -0.128. The van der Waals surface area contributed by atoms with Crippen molar-refractivity contribution >= 4 is 5.69 Å². The van der Waals surface area contributed by atoms with Crippen molar-refractivity contribution in [2.45, 2.75) is 6.04 Å². The zero-order valence-corrected chi connectivity index (χ0v) is 10.7. The average molecular weight is 256 g/mol. The van der Waals surface area contributed by atoms with Crippen molar-refractivity contribution in [1.29, 1.82) is 0 Å². The SMILES string of the molecule is Fc1ccccc1C1CNCCN1c1ccccc1. The van der Waals surface area contributed by atoms with Crippen molar-refractivity contribution in [3.05, 3.63) is 66.0 Å². The van der Waals surface area contributed by atoms with Gasteiger partial charge in [-0.05, 0) is 18.2 Å². The van der Waals surface area contributed by atoms with Crippen LogP contribution in [-0.4, -0.2) is 19.6 Å². The number of rotatable bonds is 2. The Morgan fingerprint density at radius 1 is 1.00 bits per heavy atom. The van der Waals surface area contributed by atoms with Crippen LogP contribution < -0.4 is 10.2 Å². The van der Waals surface area contributed by atoms with E-state index in [0.717, 1.165) is 30.9 Å². The maximum absolute atomic E-state index is 14.0. The highest BCUT2D eigenvalue weighted by molar-refractivity contribution is 5.49. The summed E-state index contributed by atoms with van der Waals surface area (Å²) in [5, 5.41) is 3.35. The van der Waals surface area contributed by atoms with Crippen LogP contribution in [0.1, 0.15) is 11.6 Å². The molecule has 2 aromatic rings. The van der Waals surface area contributed by atoms with Gasteiger partial charge >= 0.3 is 0 Å². The van der Waals surface area contributed by atoms with E-state index in [1.165, 1.54) is 6.07 Å². The molecule has 0 radical (unpaired) electrons. The third-order valence-electron chi connectivity index (χ3n) is 3.60. The number of hydrogen-bond donors (Lipinski definition) is 1. The van der Waals surface area contributed by atoms with E-state index < -0.39 is 0 Å². The number of piperazine rings is 1. The first-order valence-corrected chi connectivity index (χ1v) is 6.63. The van der Waals surface area contributed by atoms with Gasteiger partial charge in [-0.1, -0.05) is 36.4 Å². The lowest BCUT2D eigenvalue weighted by Gasteiger charge is -2.38. The topological polar surface area (TPSA) is 15.3 Å². The predicted molar refractivity (Wildman–Crippen MR) is 75.8 cm³/mol. The molecule has 2 aromatic carbocycles. The Morgan fingerprint density at radius 3 is 2.53 bits per heavy atom. The lowest BCUT2D eigenvalue weighted by molar-refractivity contribution is 0.471. The maximum atomic E-state index is 14.0. The van der Waals surface area contributed by atoms with Gasteiger partial charge in [0.2, 0.25) is 0 Å². The van der Waals surface area contributed by atoms with Crippen LogP contribution in [0, 0.1) is 5.82 Å². The fourth-order valence-corrected chi connectivity index (χ4v) is 2.66. The monoisotopic (exact) mass is 256 g/mol. The lowest BCUT2D eigenvalue weighted by Crippen LogP contribution is -2.46. The van der Waals surface area contributed by atoms with Crippen LogP contribution in [0.15, 0.2) is 54.6 Å². The highest BCUT2D eigenvalue weighted by atomic mass is 19.1. The van der Waals surface area contributed by atoms with Crippen molar-refractivity contribution in [2.24, 2.45) is 0 Å². The van der Waals surface area contributed by atoms with Crippen LogP contribution in [-0.2, 0) is 0 Å². The van der Waals surface area contributed by atoms with E-state index in [1.807, 2.05) is 30.3 Å². The third kappa shape index (κ3) is 2.47. The van der Waals surface area contributed by atoms with E-state index in [4.69, 9.17) is 0 Å². The van der Waals surface area contributed by atoms with Crippen LogP contribution in [0.2, 0.25) is 0 Å². The number of nitrogens with one attached hydrogen (secondary N) is 1. The molecule has 1 atom stereocenters. The molecule has 0 saturated carbocycles. The number of benzene rings is 2. The summed E-state index contributed by atoms with van der Waals surface area (Å²) >= 11 is 0. The Kier molecular flexibility index (Phi) is 3.47. The van der Waals surface area contributed by atoms with Gasteiger partial charge in [0, 0.05) is 30.9 Å². The van der Waals surface area contributed by atoms with E-state index in [2.05, 4.69) is 22.3 Å². The van der Waals surface area contributed by atoms with E-state index in [0.29, 0.717) is 0 Å². The largest absolute Gasteiger partial charge is 0.362 e. The van der Waals surface area contributed by atoms with Crippen LogP contribution in [0.25, 0.3) is 0 Å². The van der Waals surface area contributed by atoms with Crippen LogP contribution in [0.5, 0.6) is 0 Å². The smallest absolute Gasteiger partial charge is 0.128 e. The molecule has 0 aromatic heterocycles. The highest BCUT2D eigenvalue weighted by Gasteiger charge is 2.25. The fourth-order valence-electron chi connectivity index (χ4n) is 2.66. The highest BCUT2D eigenvalue weighted by Crippen LogP contribution is 2.29. The van der Waals surface area contributed by atoms with Gasteiger partial charge in [-0.3, -0.25) is 0 Å². The van der Waals surface area contributed by atoms with Crippen LogP contribution in [0.4, 0.5) is 10.1 Å². The summed E-state index contributed by atoms with van der Waals surface area (Å²) in [6.07, 6.45) is 0. The zero-order valence-electron chi connectivity index (χ0n) is 10.7. The summed E-state index contributed by atoms with van der Waals surface area (Å²) < 4.78 is 14.0. The second-order valence-electron chi connectivity index (χ2n) is 4.77. The van der Waals surface area contributed by atoms with Gasteiger partial charge in [0.25, 0.3) is 0 Å². The van der Waals surface area contributed by atoms with Crippen molar-refractivity contribution in [3.63, 3.8) is 0 Å². The fraction of sp³-hybridized carbons (Fsp3) is 0.250. The van der Waals surface area contributed by atoms with E-state index in [-0.39, 0.29) is 11.9 Å². The molecule has 1 aliphatic rings. The molecule has 2 nitrogen and oxygen atoms in total. The molecular formula is C16H17FN2. The summed E-state index contributed by atoms with van der Waals surface area (Å²) in [5.74, 6) is -0.128. The standard InChI is InChI=1S/C16H17FN2/c17-15-9-5-4-8-14(15)16-12-18-10-11-19(16)13-6-2-1-3-7-13/h1-9,16,18H,10-12H2. The Bertz CT molecular complexity index is 541. The van der Waals surface area contributed by atoms with Gasteiger partial charge in [-0.15, -0.1) is 0 Å². The van der Waals surface area contributed by atoms with Gasteiger partial charge in [-0.2, -0.15) is 0 Å². The molecule has 1 fully saturated rings. The molecule has 1 heterocycles. The molecule has 0 aliphatic carbocycles. The number of para-hydroxylation sites is 1. The molecule has 3 rings (SSSR count). The average Bonchev–Trinajstić information content (AvgIpc) is 2.49. The summed E-state index contributed by atoms with van der Waals surface area (Å²) in [4.78, 5) is 2.27. The first-order valence-electron chi connectivity index (χ1n) is 6.63. The van der Waals surface area contributed by atoms with E-state index in [9.17, 15) is 4.39 Å². The van der Waals surface area contributed by atoms with Crippen LogP contribution >= 0.6 is 0 Å². The van der Waals surface area contributed by atoms with Gasteiger partial charge in [0.05, 0.1) is 6.04 Å². The molecule has 3 heteroatoms. The van der Waals surface area contributed by atoms with Crippen molar-refractivity contribution < 1.29 is 4.39 Å². The van der Waals surface area contributed by atoms with Gasteiger partial charge in [0.1, 0.15) is 5.82 Å². The minimum absolute atomic E-state index is 0.0531. The van der Waals surface area contributed by atoms with Crippen LogP contribution in [0.3, 0.4) is 0 Å². The molecular weight excluding hydrogens is 239 g/mol. The summed E-state index contributed by atoms with van der Waals surface area (Å²) in [7, 11) is 0. The molecule has 1 unspecified atom stereocenters. The molecule has 98 valence electrons. The molecule has 1 aliphatic heterocycles. The quantitative estimate of drug-likeness (QED) is 0.888. The second-order valence-corrected chi connectivity index (χ2v) is 4.77. The van der Waals surface area contributed by atoms with E-state index in [1.54, 1.807) is 6.07 Å². The Labute approximate surface area is 112 Å². The van der Waals surface area contributed by atoms with Crippen molar-refractivity contribution in [2.75, 3.05) is 24.5 Å². The van der Waals surface area contributed by atoms with Crippen molar-refractivity contribution in [3.8, 4) is 0 Å². The summed E-state index contributed by atoms with van der Waals surface area (Å²) in [6.45, 7) is 2.60.